The van der Waals surface area contributed by atoms with Crippen LogP contribution in [0.1, 0.15) is 33.6 Å². The maximum atomic E-state index is 12.4. The van der Waals surface area contributed by atoms with E-state index in [1.807, 2.05) is 0 Å². The van der Waals surface area contributed by atoms with Crippen LogP contribution in [0.4, 0.5) is 18.0 Å². The Labute approximate surface area is 110 Å². The van der Waals surface area contributed by atoms with Gasteiger partial charge in [0.25, 0.3) is 0 Å². The van der Waals surface area contributed by atoms with Crippen LogP contribution in [0.2, 0.25) is 0 Å². The van der Waals surface area contributed by atoms with Crippen molar-refractivity contribution in [1.29, 1.82) is 0 Å². The Kier molecular flexibility index (Phi) is 4.71. The molecule has 1 aliphatic rings. The highest BCUT2D eigenvalue weighted by molar-refractivity contribution is 5.68. The van der Waals surface area contributed by atoms with Crippen LogP contribution in [0.25, 0.3) is 0 Å². The number of hydrogen-bond donors (Lipinski definition) is 1. The number of rotatable bonds is 1. The predicted octanol–water partition coefficient (Wildman–Crippen LogP) is 2.56. The summed E-state index contributed by atoms with van der Waals surface area (Å²) in [5.41, 5.74) is -0.626. The summed E-state index contributed by atoms with van der Waals surface area (Å²) in [7, 11) is 0. The van der Waals surface area contributed by atoms with Gasteiger partial charge in [-0.3, -0.25) is 0 Å². The minimum Gasteiger partial charge on any atom is -0.444 e. The maximum Gasteiger partial charge on any atom is 0.414 e. The van der Waals surface area contributed by atoms with Crippen molar-refractivity contribution in [3.05, 3.63) is 0 Å². The Hall–Kier alpha value is -0.980. The van der Waals surface area contributed by atoms with Crippen LogP contribution in [0, 0.1) is 5.92 Å². The van der Waals surface area contributed by atoms with E-state index >= 15 is 0 Å². The van der Waals surface area contributed by atoms with Gasteiger partial charge in [-0.05, 0) is 39.5 Å². The number of aliphatic hydroxyl groups is 1. The lowest BCUT2D eigenvalue weighted by Gasteiger charge is -2.35. The van der Waals surface area contributed by atoms with Crippen molar-refractivity contribution in [2.24, 2.45) is 5.92 Å². The number of nitrogens with zero attached hydrogens (tertiary/aromatic N) is 1. The van der Waals surface area contributed by atoms with Crippen LogP contribution in [0.5, 0.6) is 0 Å². The van der Waals surface area contributed by atoms with Gasteiger partial charge in [0.1, 0.15) is 5.60 Å². The number of hydrogen-bond acceptors (Lipinski definition) is 3. The summed E-state index contributed by atoms with van der Waals surface area (Å²) in [4.78, 5) is 13.1. The van der Waals surface area contributed by atoms with E-state index in [0.717, 1.165) is 0 Å². The smallest absolute Gasteiger partial charge is 0.414 e. The van der Waals surface area contributed by atoms with E-state index in [2.05, 4.69) is 0 Å². The van der Waals surface area contributed by atoms with E-state index < -0.39 is 29.9 Å². The third kappa shape index (κ3) is 4.89. The zero-order chi connectivity index (χ0) is 14.8. The van der Waals surface area contributed by atoms with E-state index in [1.54, 1.807) is 20.8 Å². The third-order valence-electron chi connectivity index (χ3n) is 2.97. The molecular weight excluding hydrogens is 263 g/mol. The lowest BCUT2D eigenvalue weighted by molar-refractivity contribution is -0.222. The zero-order valence-corrected chi connectivity index (χ0v) is 11.3. The monoisotopic (exact) mass is 283 g/mol. The minimum absolute atomic E-state index is 0.125. The number of amides is 1. The van der Waals surface area contributed by atoms with Crippen LogP contribution >= 0.6 is 0 Å². The summed E-state index contributed by atoms with van der Waals surface area (Å²) >= 11 is 0. The largest absolute Gasteiger partial charge is 0.444 e. The van der Waals surface area contributed by atoms with E-state index in [9.17, 15) is 18.0 Å². The van der Waals surface area contributed by atoms with Crippen LogP contribution in [0.3, 0.4) is 0 Å². The second kappa shape index (κ2) is 5.56. The first kappa shape index (κ1) is 16.1. The average Bonchev–Trinajstić information content (AvgIpc) is 2.24. The van der Waals surface area contributed by atoms with E-state index in [4.69, 9.17) is 9.84 Å². The van der Waals surface area contributed by atoms with Gasteiger partial charge in [0.2, 0.25) is 0 Å². The number of halogens is 3. The first-order valence-electron chi connectivity index (χ1n) is 6.23. The summed E-state index contributed by atoms with van der Waals surface area (Å²) in [5, 5.41) is 9.16. The highest BCUT2D eigenvalue weighted by Crippen LogP contribution is 2.31. The number of carbonyl (C=O) groups excluding carboxylic acids is 1. The van der Waals surface area contributed by atoms with Crippen LogP contribution in [0.15, 0.2) is 0 Å². The first-order chi connectivity index (χ1) is 8.50. The molecule has 112 valence electrons. The Morgan fingerprint density at radius 3 is 2.11 bits per heavy atom. The number of ether oxygens (including phenoxy) is 1. The molecule has 1 N–H and O–H groups in total. The SMILES string of the molecule is CC(C)(C)OC(=O)N1CCC([C@H](O)C(F)(F)F)CC1. The molecule has 0 bridgehead atoms. The molecule has 0 aliphatic carbocycles. The van der Waals surface area contributed by atoms with Crippen molar-refractivity contribution in [2.75, 3.05) is 13.1 Å². The topological polar surface area (TPSA) is 49.8 Å². The normalized spacial score (nSPS) is 20.3. The summed E-state index contributed by atoms with van der Waals surface area (Å²) in [6.07, 6.45) is -7.18. The average molecular weight is 283 g/mol. The fraction of sp³-hybridized carbons (Fsp3) is 0.917. The fourth-order valence-corrected chi connectivity index (χ4v) is 1.99. The molecular formula is C12H20F3NO3. The lowest BCUT2D eigenvalue weighted by Crippen LogP contribution is -2.46. The summed E-state index contributed by atoms with van der Waals surface area (Å²) in [6.45, 7) is 5.53. The van der Waals surface area contributed by atoms with E-state index in [0.29, 0.717) is 0 Å². The van der Waals surface area contributed by atoms with Gasteiger partial charge in [-0.2, -0.15) is 13.2 Å². The Balaban J connectivity index is 2.47. The molecule has 1 saturated heterocycles. The molecule has 1 atom stereocenters. The van der Waals surface area contributed by atoms with Gasteiger partial charge < -0.3 is 14.7 Å². The molecule has 1 amide bonds. The molecule has 1 aliphatic heterocycles. The van der Waals surface area contributed by atoms with Gasteiger partial charge in [-0.1, -0.05) is 0 Å². The number of likely N-dealkylation sites (tertiary alicyclic amines) is 1. The van der Waals surface area contributed by atoms with Crippen molar-refractivity contribution in [1.82, 2.24) is 4.90 Å². The summed E-state index contributed by atoms with van der Waals surface area (Å²) in [6, 6.07) is 0. The predicted molar refractivity (Wildman–Crippen MR) is 62.6 cm³/mol. The quantitative estimate of drug-likeness (QED) is 0.804. The molecule has 1 heterocycles. The maximum absolute atomic E-state index is 12.4. The summed E-state index contributed by atoms with van der Waals surface area (Å²) in [5.74, 6) is -0.848. The van der Waals surface area contributed by atoms with Gasteiger partial charge in [-0.25, -0.2) is 4.79 Å². The molecule has 0 aromatic carbocycles. The van der Waals surface area contributed by atoms with Gasteiger partial charge in [-0.15, -0.1) is 0 Å². The molecule has 0 aromatic heterocycles. The standard InChI is InChI=1S/C12H20F3NO3/c1-11(2,3)19-10(18)16-6-4-8(5-7-16)9(17)12(13,14)15/h8-9,17H,4-7H2,1-3H3/t9-/m0/s1. The minimum atomic E-state index is -4.60. The van der Waals surface area contributed by atoms with Gasteiger partial charge in [0.05, 0.1) is 0 Å². The lowest BCUT2D eigenvalue weighted by atomic mass is 9.91. The number of alkyl halides is 3. The fourth-order valence-electron chi connectivity index (χ4n) is 1.99. The highest BCUT2D eigenvalue weighted by Gasteiger charge is 2.44. The van der Waals surface area contributed by atoms with Crippen molar-refractivity contribution in [3.8, 4) is 0 Å². The molecule has 7 heteroatoms. The molecule has 0 saturated carbocycles. The molecule has 1 fully saturated rings. The van der Waals surface area contributed by atoms with Crippen molar-refractivity contribution in [2.45, 2.75) is 51.5 Å². The Morgan fingerprint density at radius 2 is 1.74 bits per heavy atom. The molecule has 0 radical (unpaired) electrons. The van der Waals surface area contributed by atoms with Crippen LogP contribution in [-0.2, 0) is 4.74 Å². The van der Waals surface area contributed by atoms with Crippen molar-refractivity contribution in [3.63, 3.8) is 0 Å². The Morgan fingerprint density at radius 1 is 1.26 bits per heavy atom. The Bertz CT molecular complexity index is 317. The molecule has 0 unspecified atom stereocenters. The van der Waals surface area contributed by atoms with Crippen molar-refractivity contribution < 1.29 is 27.8 Å². The van der Waals surface area contributed by atoms with E-state index in [1.165, 1.54) is 4.90 Å². The van der Waals surface area contributed by atoms with Gasteiger partial charge in [0.15, 0.2) is 6.10 Å². The molecule has 1 rings (SSSR count). The molecule has 0 aromatic rings. The number of aliphatic hydroxyl groups excluding tert-OH is 1. The number of piperidine rings is 1. The third-order valence-corrected chi connectivity index (χ3v) is 2.97. The second-order valence-electron chi connectivity index (χ2n) is 5.79. The van der Waals surface area contributed by atoms with Crippen LogP contribution in [-0.4, -0.2) is 47.1 Å². The van der Waals surface area contributed by atoms with Gasteiger partial charge >= 0.3 is 12.3 Å². The second-order valence-corrected chi connectivity index (χ2v) is 5.79. The highest BCUT2D eigenvalue weighted by atomic mass is 19.4. The first-order valence-corrected chi connectivity index (χ1v) is 6.23. The molecule has 0 spiro atoms. The van der Waals surface area contributed by atoms with E-state index in [-0.39, 0.29) is 25.9 Å². The van der Waals surface area contributed by atoms with Gasteiger partial charge in [0, 0.05) is 13.1 Å². The summed E-state index contributed by atoms with van der Waals surface area (Å²) < 4.78 is 42.2. The molecule has 4 nitrogen and oxygen atoms in total. The van der Waals surface area contributed by atoms with Crippen molar-refractivity contribution >= 4 is 6.09 Å². The number of carbonyl (C=O) groups is 1. The zero-order valence-electron chi connectivity index (χ0n) is 11.3. The molecule has 19 heavy (non-hydrogen) atoms. The van der Waals surface area contributed by atoms with Crippen LogP contribution < -0.4 is 0 Å².